The standard InChI is InChI=1S/C20H22N4OS2/c1-3-10-24-18(12-16-7-5-4-6-8-16)22-23-20(24)27-14-19(25)21-13-17-15(2)9-11-26-17/h3-9,11H,1,10,12-14H2,2H3,(H,21,25). The Bertz CT molecular complexity index is 902. The molecule has 3 aromatic rings. The van der Waals surface area contributed by atoms with Crippen LogP contribution in [-0.4, -0.2) is 26.4 Å². The van der Waals surface area contributed by atoms with E-state index in [9.17, 15) is 4.79 Å². The van der Waals surface area contributed by atoms with Gasteiger partial charge in [-0.1, -0.05) is 48.2 Å². The first-order valence-corrected chi connectivity index (χ1v) is 10.5. The van der Waals surface area contributed by atoms with Gasteiger partial charge in [0.05, 0.1) is 12.3 Å². The van der Waals surface area contributed by atoms with E-state index in [1.54, 1.807) is 11.3 Å². The van der Waals surface area contributed by atoms with E-state index in [0.717, 1.165) is 11.0 Å². The van der Waals surface area contributed by atoms with Gasteiger partial charge in [0, 0.05) is 17.8 Å². The lowest BCUT2D eigenvalue weighted by Gasteiger charge is -2.08. The summed E-state index contributed by atoms with van der Waals surface area (Å²) in [5.41, 5.74) is 2.39. The number of hydrogen-bond donors (Lipinski definition) is 1. The van der Waals surface area contributed by atoms with Gasteiger partial charge in [0.1, 0.15) is 5.82 Å². The number of carbonyl (C=O) groups is 1. The van der Waals surface area contributed by atoms with Crippen LogP contribution in [0.25, 0.3) is 0 Å². The fourth-order valence-corrected chi connectivity index (χ4v) is 4.24. The van der Waals surface area contributed by atoms with Gasteiger partial charge in [-0.2, -0.15) is 0 Å². The normalized spacial score (nSPS) is 10.7. The molecule has 1 N–H and O–H groups in total. The molecule has 0 spiro atoms. The molecule has 7 heteroatoms. The van der Waals surface area contributed by atoms with Crippen molar-refractivity contribution in [2.24, 2.45) is 0 Å². The SMILES string of the molecule is C=CCn1c(Cc2ccccc2)nnc1SCC(=O)NCc1sccc1C. The lowest BCUT2D eigenvalue weighted by atomic mass is 10.1. The average Bonchev–Trinajstić information content (AvgIpc) is 3.26. The number of nitrogens with one attached hydrogen (secondary N) is 1. The van der Waals surface area contributed by atoms with Gasteiger partial charge >= 0.3 is 0 Å². The van der Waals surface area contributed by atoms with Crippen LogP contribution in [-0.2, 0) is 24.3 Å². The van der Waals surface area contributed by atoms with E-state index in [1.807, 2.05) is 34.2 Å². The third-order valence-electron chi connectivity index (χ3n) is 4.06. The quantitative estimate of drug-likeness (QED) is 0.440. The summed E-state index contributed by atoms with van der Waals surface area (Å²) in [6.07, 6.45) is 2.52. The molecule has 1 amide bonds. The fraction of sp³-hybridized carbons (Fsp3) is 0.250. The van der Waals surface area contributed by atoms with Gasteiger partial charge in [-0.25, -0.2) is 0 Å². The highest BCUT2D eigenvalue weighted by atomic mass is 32.2. The molecule has 3 rings (SSSR count). The summed E-state index contributed by atoms with van der Waals surface area (Å²) in [5.74, 6) is 1.18. The third-order valence-corrected chi connectivity index (χ3v) is 6.05. The van der Waals surface area contributed by atoms with Crippen LogP contribution in [0.3, 0.4) is 0 Å². The van der Waals surface area contributed by atoms with Crippen molar-refractivity contribution in [2.75, 3.05) is 5.75 Å². The van der Waals surface area contributed by atoms with E-state index in [2.05, 4.69) is 47.2 Å². The zero-order valence-corrected chi connectivity index (χ0v) is 16.9. The van der Waals surface area contributed by atoms with E-state index in [-0.39, 0.29) is 5.91 Å². The highest BCUT2D eigenvalue weighted by Gasteiger charge is 2.14. The first-order valence-electron chi connectivity index (χ1n) is 8.66. The average molecular weight is 399 g/mol. The molecule has 0 radical (unpaired) electrons. The lowest BCUT2D eigenvalue weighted by molar-refractivity contribution is -0.118. The predicted molar refractivity (Wildman–Crippen MR) is 111 cm³/mol. The Kier molecular flexibility index (Phi) is 6.84. The van der Waals surface area contributed by atoms with Crippen LogP contribution in [0, 0.1) is 6.92 Å². The van der Waals surface area contributed by atoms with Crippen molar-refractivity contribution in [3.8, 4) is 0 Å². The van der Waals surface area contributed by atoms with Crippen LogP contribution in [0.15, 0.2) is 59.6 Å². The minimum Gasteiger partial charge on any atom is -0.350 e. The highest BCUT2D eigenvalue weighted by molar-refractivity contribution is 7.99. The second kappa shape index (κ2) is 9.53. The van der Waals surface area contributed by atoms with Crippen molar-refractivity contribution in [2.45, 2.75) is 31.6 Å². The maximum Gasteiger partial charge on any atom is 0.230 e. The molecule has 2 aromatic heterocycles. The fourth-order valence-electron chi connectivity index (χ4n) is 2.59. The molecule has 0 unspecified atom stereocenters. The van der Waals surface area contributed by atoms with Crippen LogP contribution in [0.2, 0.25) is 0 Å². The predicted octanol–water partition coefficient (Wildman–Crippen LogP) is 3.83. The summed E-state index contributed by atoms with van der Waals surface area (Å²) in [5, 5.41) is 14.3. The number of thiophene rings is 1. The van der Waals surface area contributed by atoms with Crippen molar-refractivity contribution in [1.29, 1.82) is 0 Å². The molecular weight excluding hydrogens is 376 g/mol. The number of hydrogen-bond acceptors (Lipinski definition) is 5. The van der Waals surface area contributed by atoms with E-state index in [0.29, 0.717) is 25.3 Å². The number of carbonyl (C=O) groups excluding carboxylic acids is 1. The van der Waals surface area contributed by atoms with Crippen LogP contribution >= 0.6 is 23.1 Å². The monoisotopic (exact) mass is 398 g/mol. The second-order valence-corrected chi connectivity index (χ2v) is 8.00. The number of thioether (sulfide) groups is 1. The van der Waals surface area contributed by atoms with Gasteiger partial charge in [0.25, 0.3) is 0 Å². The Balaban J connectivity index is 1.59. The van der Waals surface area contributed by atoms with E-state index < -0.39 is 0 Å². The molecule has 0 bridgehead atoms. The Hall–Kier alpha value is -2.38. The number of amides is 1. The van der Waals surface area contributed by atoms with Crippen LogP contribution < -0.4 is 5.32 Å². The van der Waals surface area contributed by atoms with Crippen LogP contribution in [0.1, 0.15) is 21.8 Å². The Morgan fingerprint density at radius 2 is 2.11 bits per heavy atom. The molecule has 0 aliphatic heterocycles. The Labute approximate surface area is 167 Å². The lowest BCUT2D eigenvalue weighted by Crippen LogP contribution is -2.24. The van der Waals surface area contributed by atoms with Gasteiger partial charge in [-0.15, -0.1) is 28.1 Å². The van der Waals surface area contributed by atoms with Crippen molar-refractivity contribution in [3.05, 3.63) is 76.3 Å². The second-order valence-electron chi connectivity index (χ2n) is 6.05. The molecular formula is C20H22N4OS2. The Morgan fingerprint density at radius 3 is 2.81 bits per heavy atom. The van der Waals surface area contributed by atoms with Gasteiger partial charge in [0.15, 0.2) is 5.16 Å². The molecule has 0 saturated heterocycles. The number of aromatic nitrogens is 3. The van der Waals surface area contributed by atoms with Crippen molar-refractivity contribution in [1.82, 2.24) is 20.1 Å². The topological polar surface area (TPSA) is 59.8 Å². The van der Waals surface area contributed by atoms with Crippen molar-refractivity contribution >= 4 is 29.0 Å². The number of nitrogens with zero attached hydrogens (tertiary/aromatic N) is 3. The summed E-state index contributed by atoms with van der Waals surface area (Å²) in [6, 6.07) is 12.2. The van der Waals surface area contributed by atoms with Gasteiger partial charge < -0.3 is 9.88 Å². The minimum atomic E-state index is -0.00874. The molecule has 1 aromatic carbocycles. The van der Waals surface area contributed by atoms with Gasteiger partial charge in [0.2, 0.25) is 5.91 Å². The Morgan fingerprint density at radius 1 is 1.30 bits per heavy atom. The molecule has 140 valence electrons. The van der Waals surface area contributed by atoms with Crippen LogP contribution in [0.5, 0.6) is 0 Å². The van der Waals surface area contributed by atoms with E-state index in [1.165, 1.54) is 27.8 Å². The molecule has 2 heterocycles. The van der Waals surface area contributed by atoms with Gasteiger partial charge in [-0.05, 0) is 29.5 Å². The van der Waals surface area contributed by atoms with Crippen molar-refractivity contribution in [3.63, 3.8) is 0 Å². The summed E-state index contributed by atoms with van der Waals surface area (Å²) < 4.78 is 2.02. The maximum atomic E-state index is 12.2. The first kappa shape index (κ1) is 19.4. The minimum absolute atomic E-state index is 0.00874. The molecule has 0 aliphatic rings. The highest BCUT2D eigenvalue weighted by Crippen LogP contribution is 2.19. The number of aryl methyl sites for hydroxylation is 1. The van der Waals surface area contributed by atoms with Crippen LogP contribution in [0.4, 0.5) is 0 Å². The van der Waals surface area contributed by atoms with Crippen molar-refractivity contribution < 1.29 is 4.79 Å². The molecule has 5 nitrogen and oxygen atoms in total. The summed E-state index contributed by atoms with van der Waals surface area (Å²) in [4.78, 5) is 13.4. The number of benzene rings is 1. The zero-order valence-electron chi connectivity index (χ0n) is 15.2. The molecule has 0 fully saturated rings. The molecule has 27 heavy (non-hydrogen) atoms. The smallest absolute Gasteiger partial charge is 0.230 e. The summed E-state index contributed by atoms with van der Waals surface area (Å²) in [6.45, 7) is 7.07. The summed E-state index contributed by atoms with van der Waals surface area (Å²) >= 11 is 3.06. The molecule has 0 atom stereocenters. The largest absolute Gasteiger partial charge is 0.350 e. The molecule has 0 saturated carbocycles. The van der Waals surface area contributed by atoms with E-state index >= 15 is 0 Å². The number of allylic oxidation sites excluding steroid dienone is 1. The summed E-state index contributed by atoms with van der Waals surface area (Å²) in [7, 11) is 0. The number of rotatable bonds is 9. The zero-order chi connectivity index (χ0) is 19.1. The third kappa shape index (κ3) is 5.30. The first-order chi connectivity index (χ1) is 13.2. The van der Waals surface area contributed by atoms with E-state index in [4.69, 9.17) is 0 Å². The maximum absolute atomic E-state index is 12.2. The van der Waals surface area contributed by atoms with Gasteiger partial charge in [-0.3, -0.25) is 4.79 Å². The molecule has 0 aliphatic carbocycles.